The molecule has 0 aliphatic rings. The maximum Gasteiger partial charge on any atom is 0.412 e. The van der Waals surface area contributed by atoms with Gasteiger partial charge in [0.1, 0.15) is 17.7 Å². The molecule has 1 atom stereocenters. The van der Waals surface area contributed by atoms with Gasteiger partial charge in [-0.3, -0.25) is 0 Å². The highest BCUT2D eigenvalue weighted by Gasteiger charge is 2.18. The molecule has 0 fully saturated rings. The minimum Gasteiger partial charge on any atom is -0.460 e. The summed E-state index contributed by atoms with van der Waals surface area (Å²) in [5.41, 5.74) is 1.60. The lowest BCUT2D eigenvalue weighted by Crippen LogP contribution is -2.30. The van der Waals surface area contributed by atoms with Crippen LogP contribution in [0.1, 0.15) is 12.5 Å². The summed E-state index contributed by atoms with van der Waals surface area (Å²) in [5, 5.41) is 6.11. The molecule has 2 aromatic carbocycles. The van der Waals surface area contributed by atoms with Crippen LogP contribution < -0.4 is 10.1 Å². The summed E-state index contributed by atoms with van der Waals surface area (Å²) < 4.78 is 11.5. The van der Waals surface area contributed by atoms with E-state index in [4.69, 9.17) is 9.47 Å². The molecule has 0 aliphatic carbocycles. The summed E-state index contributed by atoms with van der Waals surface area (Å²) in [6.07, 6.45) is -0.594. The summed E-state index contributed by atoms with van der Waals surface area (Å²) in [5.74, 6) is -0.0265. The Kier molecular flexibility index (Phi) is 6.11. The number of esters is 1. The molecule has 0 bridgehead atoms. The van der Waals surface area contributed by atoms with Gasteiger partial charge in [0.25, 0.3) is 0 Å². The molecule has 1 N–H and O–H groups in total. The zero-order valence-electron chi connectivity index (χ0n) is 15.9. The van der Waals surface area contributed by atoms with E-state index in [1.54, 1.807) is 19.1 Å². The number of fused-ring (bicyclic) bond motifs is 1. The van der Waals surface area contributed by atoms with Crippen LogP contribution in [0, 0.1) is 6.92 Å². The van der Waals surface area contributed by atoms with Crippen molar-refractivity contribution in [1.29, 1.82) is 0 Å². The van der Waals surface area contributed by atoms with Gasteiger partial charge in [0.15, 0.2) is 9.60 Å². The Morgan fingerprint density at radius 1 is 1.11 bits per heavy atom. The molecule has 0 saturated carbocycles. The Hall–Kier alpha value is -3.12. The number of aryl methyl sites for hydroxylation is 1. The van der Waals surface area contributed by atoms with E-state index >= 15 is 0 Å². The maximum absolute atomic E-state index is 11.8. The van der Waals surface area contributed by atoms with Gasteiger partial charge in [-0.25, -0.2) is 9.59 Å². The van der Waals surface area contributed by atoms with Crippen molar-refractivity contribution in [3.8, 4) is 10.6 Å². The Morgan fingerprint density at radius 2 is 1.82 bits per heavy atom. The number of ether oxygens (including phenoxy) is 2. The van der Waals surface area contributed by atoms with Gasteiger partial charge in [-0.05, 0) is 38.1 Å². The maximum atomic E-state index is 11.8. The number of benzene rings is 2. The van der Waals surface area contributed by atoms with Crippen molar-refractivity contribution in [2.75, 3.05) is 13.2 Å². The fourth-order valence-corrected chi connectivity index (χ4v) is 4.82. The van der Waals surface area contributed by atoms with Crippen LogP contribution in [0.5, 0.6) is 5.75 Å². The third kappa shape index (κ3) is 4.58. The van der Waals surface area contributed by atoms with Crippen LogP contribution in [0.25, 0.3) is 15.0 Å². The molecule has 3 aromatic rings. The van der Waals surface area contributed by atoms with Crippen LogP contribution >= 0.6 is 10.5 Å². The van der Waals surface area contributed by atoms with Crippen LogP contribution in [0.3, 0.4) is 0 Å². The van der Waals surface area contributed by atoms with E-state index < -0.39 is 12.1 Å². The number of carbonyl (C=O) groups excluding carboxylic acids is 2. The van der Waals surface area contributed by atoms with Gasteiger partial charge in [-0.2, -0.15) is 0 Å². The fraction of sp³-hybridized carbons (Fsp3) is 0.182. The van der Waals surface area contributed by atoms with E-state index in [1.165, 1.54) is 20.5 Å². The second-order valence-corrected chi connectivity index (χ2v) is 8.16. The van der Waals surface area contributed by atoms with Crippen LogP contribution in [-0.4, -0.2) is 25.2 Å². The Morgan fingerprint density at radius 3 is 2.54 bits per heavy atom. The first-order chi connectivity index (χ1) is 13.5. The second kappa shape index (κ2) is 8.71. The molecule has 28 heavy (non-hydrogen) atoms. The summed E-state index contributed by atoms with van der Waals surface area (Å²) in [6, 6.07) is 15.9. The van der Waals surface area contributed by atoms with E-state index in [-0.39, 0.29) is 23.6 Å². The van der Waals surface area contributed by atoms with Crippen molar-refractivity contribution < 1.29 is 19.1 Å². The largest absolute Gasteiger partial charge is 0.460 e. The minimum atomic E-state index is -0.594. The van der Waals surface area contributed by atoms with Crippen molar-refractivity contribution in [3.05, 3.63) is 71.6 Å². The predicted octanol–water partition coefficient (Wildman–Crippen LogP) is 5.09. The normalized spacial score (nSPS) is 11.1. The molecular weight excluding hydrogens is 374 g/mol. The molecule has 0 spiro atoms. The SMILES string of the molecule is C=C(C)C(=O)OCCNC(=O)Oc1ccc(-[s+]2cc(C)c3ccccc32)cc1. The number of thiophene rings is 1. The molecule has 0 radical (unpaired) electrons. The average Bonchev–Trinajstić information content (AvgIpc) is 3.02. The van der Waals surface area contributed by atoms with Crippen LogP contribution in [0.4, 0.5) is 4.79 Å². The van der Waals surface area contributed by atoms with E-state index in [0.717, 1.165) is 0 Å². The van der Waals surface area contributed by atoms with Gasteiger partial charge in [0, 0.05) is 39.1 Å². The van der Waals surface area contributed by atoms with Gasteiger partial charge in [-0.15, -0.1) is 0 Å². The molecular formula is C22H22NO4S+. The zero-order chi connectivity index (χ0) is 20.1. The highest BCUT2D eigenvalue weighted by molar-refractivity contribution is 7.43. The highest BCUT2D eigenvalue weighted by Crippen LogP contribution is 2.42. The van der Waals surface area contributed by atoms with Crippen molar-refractivity contribution in [2.24, 2.45) is 0 Å². The number of hydrogen-bond acceptors (Lipinski definition) is 4. The number of carbonyl (C=O) groups is 2. The van der Waals surface area contributed by atoms with Gasteiger partial charge < -0.3 is 14.8 Å². The van der Waals surface area contributed by atoms with Gasteiger partial charge in [0.2, 0.25) is 0 Å². The topological polar surface area (TPSA) is 64.6 Å². The molecule has 1 amide bonds. The molecule has 6 heteroatoms. The third-order valence-electron chi connectivity index (χ3n) is 4.08. The molecule has 0 saturated heterocycles. The lowest BCUT2D eigenvalue weighted by molar-refractivity contribution is -0.138. The quantitative estimate of drug-likeness (QED) is 0.273. The molecule has 144 valence electrons. The molecule has 5 nitrogen and oxygen atoms in total. The molecule has 1 unspecified atom stereocenters. The average molecular weight is 396 g/mol. The standard InChI is InChI=1S/C22H21NO4S/c1-15(2)21(24)26-13-12-23-22(25)27-17-8-10-18(11-9-17)28-14-16(3)19-6-4-5-7-20(19)28/h4-11,14H,1,12-13H2,2-3H3/p+1. The highest BCUT2D eigenvalue weighted by atomic mass is 32.2. The summed E-state index contributed by atoms with van der Waals surface area (Å²) in [7, 11) is -0.105. The van der Waals surface area contributed by atoms with Gasteiger partial charge in [-0.1, -0.05) is 18.7 Å². The smallest absolute Gasteiger partial charge is 0.412 e. The van der Waals surface area contributed by atoms with E-state index in [2.05, 4.69) is 48.5 Å². The van der Waals surface area contributed by atoms with Crippen molar-refractivity contribution in [1.82, 2.24) is 5.32 Å². The Balaban J connectivity index is 1.58. The zero-order valence-corrected chi connectivity index (χ0v) is 16.7. The van der Waals surface area contributed by atoms with Crippen LogP contribution in [0.15, 0.2) is 66.1 Å². The summed E-state index contributed by atoms with van der Waals surface area (Å²) in [6.45, 7) is 7.41. The van der Waals surface area contributed by atoms with Crippen molar-refractivity contribution in [2.45, 2.75) is 13.8 Å². The fourth-order valence-electron chi connectivity index (χ4n) is 2.70. The predicted molar refractivity (Wildman–Crippen MR) is 112 cm³/mol. The monoisotopic (exact) mass is 396 g/mol. The Labute approximate surface area is 166 Å². The summed E-state index contributed by atoms with van der Waals surface area (Å²) in [4.78, 5) is 24.3. The lowest BCUT2D eigenvalue weighted by Gasteiger charge is -2.07. The number of amides is 1. The van der Waals surface area contributed by atoms with Crippen LogP contribution in [0.2, 0.25) is 0 Å². The molecule has 0 aliphatic heterocycles. The van der Waals surface area contributed by atoms with E-state index in [0.29, 0.717) is 11.3 Å². The minimum absolute atomic E-state index is 0.0631. The lowest BCUT2D eigenvalue weighted by atomic mass is 10.2. The first kappa shape index (κ1) is 19.6. The number of rotatable bonds is 6. The molecule has 1 aromatic heterocycles. The van der Waals surface area contributed by atoms with Crippen molar-refractivity contribution >= 4 is 32.6 Å². The van der Waals surface area contributed by atoms with E-state index in [1.807, 2.05) is 12.1 Å². The summed E-state index contributed by atoms with van der Waals surface area (Å²) >= 11 is 0. The van der Waals surface area contributed by atoms with Gasteiger partial charge in [0.05, 0.1) is 6.54 Å². The molecule has 1 heterocycles. The third-order valence-corrected chi connectivity index (χ3v) is 6.28. The molecule has 3 rings (SSSR count). The first-order valence-corrected chi connectivity index (χ1v) is 10.1. The Bertz CT molecular complexity index is 1020. The first-order valence-electron chi connectivity index (χ1n) is 8.85. The van der Waals surface area contributed by atoms with Crippen LogP contribution in [-0.2, 0) is 9.53 Å². The van der Waals surface area contributed by atoms with E-state index in [9.17, 15) is 9.59 Å². The van der Waals surface area contributed by atoms with Gasteiger partial charge >= 0.3 is 12.1 Å². The van der Waals surface area contributed by atoms with Crippen molar-refractivity contribution in [3.63, 3.8) is 0 Å². The number of nitrogens with one attached hydrogen (secondary N) is 1. The number of hydrogen-bond donors (Lipinski definition) is 1. The second-order valence-electron chi connectivity index (χ2n) is 6.34.